The third-order valence-corrected chi connectivity index (χ3v) is 4.19. The lowest BCUT2D eigenvalue weighted by atomic mass is 10.3. The summed E-state index contributed by atoms with van der Waals surface area (Å²) in [5.74, 6) is -0.787. The van der Waals surface area contributed by atoms with Crippen LogP contribution in [0.15, 0.2) is 59.8 Å². The average Bonchev–Trinajstić information content (AvgIpc) is 2.86. The quantitative estimate of drug-likeness (QED) is 0.805. The van der Waals surface area contributed by atoms with Crippen LogP contribution >= 0.6 is 0 Å². The minimum Gasteiger partial charge on any atom is -0.279 e. The van der Waals surface area contributed by atoms with Crippen molar-refractivity contribution in [3.05, 3.63) is 60.7 Å². The lowest BCUT2D eigenvalue weighted by Gasteiger charge is -2.09. The number of benzene rings is 1. The van der Waals surface area contributed by atoms with Gasteiger partial charge in [-0.05, 0) is 30.3 Å². The molecule has 0 aliphatic carbocycles. The van der Waals surface area contributed by atoms with Gasteiger partial charge < -0.3 is 0 Å². The zero-order chi connectivity index (χ0) is 14.2. The van der Waals surface area contributed by atoms with Crippen LogP contribution in [0.25, 0.3) is 5.52 Å². The molecule has 2 heterocycles. The first-order chi connectivity index (χ1) is 9.56. The summed E-state index contributed by atoms with van der Waals surface area (Å²) in [5, 5.41) is 4.01. The van der Waals surface area contributed by atoms with E-state index in [0.29, 0.717) is 5.69 Å². The first-order valence-electron chi connectivity index (χ1n) is 5.77. The van der Waals surface area contributed by atoms with Crippen molar-refractivity contribution in [2.75, 3.05) is 4.72 Å². The molecule has 0 radical (unpaired) electrons. The Morgan fingerprint density at radius 3 is 2.75 bits per heavy atom. The Labute approximate surface area is 114 Å². The van der Waals surface area contributed by atoms with E-state index < -0.39 is 15.8 Å². The van der Waals surface area contributed by atoms with Gasteiger partial charge in [0.05, 0.1) is 11.2 Å². The second kappa shape index (κ2) is 4.61. The summed E-state index contributed by atoms with van der Waals surface area (Å²) < 4.78 is 41.8. The van der Waals surface area contributed by atoms with E-state index in [1.807, 2.05) is 0 Å². The molecule has 102 valence electrons. The number of pyridine rings is 1. The van der Waals surface area contributed by atoms with Gasteiger partial charge in [0, 0.05) is 12.4 Å². The predicted octanol–water partition coefficient (Wildman–Crippen LogP) is 2.27. The number of hydrogen-bond donors (Lipinski definition) is 1. The summed E-state index contributed by atoms with van der Waals surface area (Å²) in [6, 6.07) is 10.1. The molecule has 20 heavy (non-hydrogen) atoms. The highest BCUT2D eigenvalue weighted by atomic mass is 32.2. The van der Waals surface area contributed by atoms with Crippen molar-refractivity contribution in [2.24, 2.45) is 0 Å². The Hall–Kier alpha value is -2.41. The van der Waals surface area contributed by atoms with E-state index in [-0.39, 0.29) is 4.90 Å². The van der Waals surface area contributed by atoms with Crippen LogP contribution in [-0.2, 0) is 10.0 Å². The van der Waals surface area contributed by atoms with Crippen molar-refractivity contribution >= 4 is 21.2 Å². The van der Waals surface area contributed by atoms with Gasteiger partial charge in [0.25, 0.3) is 10.0 Å². The summed E-state index contributed by atoms with van der Waals surface area (Å²) >= 11 is 0. The second-order valence-corrected chi connectivity index (χ2v) is 5.80. The van der Waals surface area contributed by atoms with Crippen LogP contribution in [0.4, 0.5) is 10.1 Å². The Morgan fingerprint density at radius 2 is 1.95 bits per heavy atom. The van der Waals surface area contributed by atoms with Crippen molar-refractivity contribution in [2.45, 2.75) is 4.90 Å². The Bertz CT molecular complexity index is 874. The largest absolute Gasteiger partial charge is 0.279 e. The number of sulfonamides is 1. The molecular formula is C13H10FN3O2S. The molecule has 7 heteroatoms. The van der Waals surface area contributed by atoms with Crippen LogP contribution in [0, 0.1) is 5.82 Å². The van der Waals surface area contributed by atoms with E-state index in [1.54, 1.807) is 35.1 Å². The number of rotatable bonds is 3. The molecule has 3 rings (SSSR count). The van der Waals surface area contributed by atoms with E-state index in [2.05, 4.69) is 9.82 Å². The molecule has 0 aliphatic heterocycles. The molecule has 0 fully saturated rings. The number of anilines is 1. The van der Waals surface area contributed by atoms with E-state index in [1.165, 1.54) is 18.2 Å². The lowest BCUT2D eigenvalue weighted by Crippen LogP contribution is -2.14. The van der Waals surface area contributed by atoms with Gasteiger partial charge in [0.2, 0.25) is 0 Å². The highest BCUT2D eigenvalue weighted by molar-refractivity contribution is 7.92. The summed E-state index contributed by atoms with van der Waals surface area (Å²) in [6.07, 6.45) is 3.22. The summed E-state index contributed by atoms with van der Waals surface area (Å²) in [7, 11) is -3.95. The van der Waals surface area contributed by atoms with Gasteiger partial charge in [-0.15, -0.1) is 0 Å². The number of nitrogens with zero attached hydrogens (tertiary/aromatic N) is 2. The molecule has 0 unspecified atom stereocenters. The van der Waals surface area contributed by atoms with E-state index in [9.17, 15) is 12.8 Å². The van der Waals surface area contributed by atoms with Gasteiger partial charge in [-0.2, -0.15) is 5.10 Å². The first kappa shape index (κ1) is 12.6. The molecule has 2 aromatic heterocycles. The maximum absolute atomic E-state index is 13.6. The number of aromatic nitrogens is 2. The predicted molar refractivity (Wildman–Crippen MR) is 72.4 cm³/mol. The fourth-order valence-corrected chi connectivity index (χ4v) is 2.99. The van der Waals surface area contributed by atoms with Crippen molar-refractivity contribution < 1.29 is 12.8 Å². The molecule has 0 atom stereocenters. The van der Waals surface area contributed by atoms with Gasteiger partial charge in [0.15, 0.2) is 0 Å². The molecule has 1 aromatic carbocycles. The number of fused-ring (bicyclic) bond motifs is 1. The first-order valence-corrected chi connectivity index (χ1v) is 7.25. The van der Waals surface area contributed by atoms with Crippen LogP contribution in [0.2, 0.25) is 0 Å². The van der Waals surface area contributed by atoms with Gasteiger partial charge in [-0.3, -0.25) is 4.72 Å². The number of nitrogens with one attached hydrogen (secondary N) is 1. The van der Waals surface area contributed by atoms with E-state index in [0.717, 1.165) is 11.6 Å². The minimum atomic E-state index is -3.95. The minimum absolute atomic E-state index is 0.348. The van der Waals surface area contributed by atoms with Gasteiger partial charge in [-0.1, -0.05) is 12.1 Å². The van der Waals surface area contributed by atoms with Crippen LogP contribution in [0.1, 0.15) is 0 Å². The molecule has 0 saturated carbocycles. The van der Waals surface area contributed by atoms with Crippen molar-refractivity contribution in [3.8, 4) is 0 Å². The molecule has 3 aromatic rings. The van der Waals surface area contributed by atoms with Crippen molar-refractivity contribution in [3.63, 3.8) is 0 Å². The maximum atomic E-state index is 13.6. The standard InChI is InChI=1S/C13H10FN3O2S/c14-12-3-1-2-4-13(12)20(18,19)16-10-6-8-17-11(9-10)5-7-15-17/h1-9,16H. The average molecular weight is 291 g/mol. The van der Waals surface area contributed by atoms with Crippen molar-refractivity contribution in [1.82, 2.24) is 9.61 Å². The molecule has 0 amide bonds. The molecule has 1 N–H and O–H groups in total. The topological polar surface area (TPSA) is 63.5 Å². The van der Waals surface area contributed by atoms with Crippen LogP contribution in [0.3, 0.4) is 0 Å². The highest BCUT2D eigenvalue weighted by Gasteiger charge is 2.18. The SMILES string of the molecule is O=S(=O)(Nc1ccn2nccc2c1)c1ccccc1F. The molecule has 0 bridgehead atoms. The van der Waals surface area contributed by atoms with Gasteiger partial charge in [0.1, 0.15) is 10.7 Å². The van der Waals surface area contributed by atoms with Crippen molar-refractivity contribution in [1.29, 1.82) is 0 Å². The zero-order valence-corrected chi connectivity index (χ0v) is 11.0. The monoisotopic (exact) mass is 291 g/mol. The van der Waals surface area contributed by atoms with Gasteiger partial charge in [-0.25, -0.2) is 17.3 Å². The molecule has 0 spiro atoms. The zero-order valence-electron chi connectivity index (χ0n) is 10.2. The third-order valence-electron chi connectivity index (χ3n) is 2.78. The second-order valence-electron chi connectivity index (χ2n) is 4.15. The summed E-state index contributed by atoms with van der Waals surface area (Å²) in [4.78, 5) is -0.381. The van der Waals surface area contributed by atoms with E-state index in [4.69, 9.17) is 0 Å². The Kier molecular flexibility index (Phi) is 2.90. The van der Waals surface area contributed by atoms with Crippen LogP contribution in [0.5, 0.6) is 0 Å². The molecule has 5 nitrogen and oxygen atoms in total. The van der Waals surface area contributed by atoms with Crippen LogP contribution in [-0.4, -0.2) is 18.0 Å². The summed E-state index contributed by atoms with van der Waals surface area (Å²) in [6.45, 7) is 0. The molecule has 0 aliphatic rings. The molecular weight excluding hydrogens is 281 g/mol. The third kappa shape index (κ3) is 2.23. The number of halogens is 1. The highest BCUT2D eigenvalue weighted by Crippen LogP contribution is 2.19. The smallest absolute Gasteiger partial charge is 0.264 e. The Morgan fingerprint density at radius 1 is 1.15 bits per heavy atom. The fourth-order valence-electron chi connectivity index (χ4n) is 1.86. The normalized spacial score (nSPS) is 11.7. The summed E-state index contributed by atoms with van der Waals surface area (Å²) in [5.41, 5.74) is 1.08. The molecule has 0 saturated heterocycles. The Balaban J connectivity index is 1.99. The van der Waals surface area contributed by atoms with Gasteiger partial charge >= 0.3 is 0 Å². The van der Waals surface area contributed by atoms with E-state index >= 15 is 0 Å². The fraction of sp³-hybridized carbons (Fsp3) is 0. The maximum Gasteiger partial charge on any atom is 0.264 e. The number of hydrogen-bond acceptors (Lipinski definition) is 3. The lowest BCUT2D eigenvalue weighted by molar-refractivity contribution is 0.570. The van der Waals surface area contributed by atoms with Crippen LogP contribution < -0.4 is 4.72 Å².